The fourth-order valence-electron chi connectivity index (χ4n) is 2.40. The molecule has 0 unspecified atom stereocenters. The zero-order valence-electron chi connectivity index (χ0n) is 11.4. The van der Waals surface area contributed by atoms with E-state index in [4.69, 9.17) is 9.47 Å². The number of ether oxygens (including phenoxy) is 2. The van der Waals surface area contributed by atoms with Gasteiger partial charge in [0.15, 0.2) is 0 Å². The van der Waals surface area contributed by atoms with Crippen LogP contribution in [0.5, 0.6) is 11.5 Å². The lowest BCUT2D eigenvalue weighted by Gasteiger charge is -2.32. The Hall–Kier alpha value is -1.26. The summed E-state index contributed by atoms with van der Waals surface area (Å²) >= 11 is 0. The molecule has 0 saturated carbocycles. The van der Waals surface area contributed by atoms with Gasteiger partial charge in [-0.1, -0.05) is 0 Å². The molecule has 1 aromatic carbocycles. The van der Waals surface area contributed by atoms with Crippen LogP contribution in [0.4, 0.5) is 0 Å². The molecule has 0 aliphatic carbocycles. The molecule has 4 nitrogen and oxygen atoms in total. The number of nitrogens with zero attached hydrogens (tertiary/aromatic N) is 1. The third-order valence-electron chi connectivity index (χ3n) is 3.33. The molecule has 1 N–H and O–H groups in total. The van der Waals surface area contributed by atoms with Crippen LogP contribution in [0.15, 0.2) is 18.2 Å². The summed E-state index contributed by atoms with van der Waals surface area (Å²) in [6.45, 7) is 6.32. The third-order valence-corrected chi connectivity index (χ3v) is 3.33. The van der Waals surface area contributed by atoms with Gasteiger partial charge in [-0.2, -0.15) is 0 Å². The van der Waals surface area contributed by atoms with Crippen LogP contribution >= 0.6 is 0 Å². The largest absolute Gasteiger partial charge is 0.497 e. The third kappa shape index (κ3) is 3.15. The van der Waals surface area contributed by atoms with Gasteiger partial charge in [0, 0.05) is 37.8 Å². The van der Waals surface area contributed by atoms with Crippen LogP contribution in [0.1, 0.15) is 12.5 Å². The van der Waals surface area contributed by atoms with Crippen LogP contribution in [0.25, 0.3) is 0 Å². The molecule has 1 aliphatic heterocycles. The molecular formula is C14H22N2O2. The highest BCUT2D eigenvalue weighted by Gasteiger charge is 2.17. The zero-order chi connectivity index (χ0) is 13.0. The van der Waals surface area contributed by atoms with Gasteiger partial charge in [-0.3, -0.25) is 4.90 Å². The van der Waals surface area contributed by atoms with E-state index in [-0.39, 0.29) is 0 Å². The normalized spacial score (nSPS) is 20.7. The maximum atomic E-state index is 5.42. The Morgan fingerprint density at radius 3 is 2.83 bits per heavy atom. The second-order valence-corrected chi connectivity index (χ2v) is 4.77. The number of rotatable bonds is 4. The molecule has 0 aromatic heterocycles. The Balaban J connectivity index is 2.11. The van der Waals surface area contributed by atoms with Gasteiger partial charge >= 0.3 is 0 Å². The van der Waals surface area contributed by atoms with E-state index in [9.17, 15) is 0 Å². The summed E-state index contributed by atoms with van der Waals surface area (Å²) in [5.74, 6) is 1.82. The highest BCUT2D eigenvalue weighted by Crippen LogP contribution is 2.25. The molecular weight excluding hydrogens is 228 g/mol. The van der Waals surface area contributed by atoms with Gasteiger partial charge in [0.25, 0.3) is 0 Å². The first kappa shape index (κ1) is 13.2. The van der Waals surface area contributed by atoms with Gasteiger partial charge < -0.3 is 14.8 Å². The van der Waals surface area contributed by atoms with Crippen molar-refractivity contribution >= 4 is 0 Å². The number of nitrogens with one attached hydrogen (secondary N) is 1. The van der Waals surface area contributed by atoms with E-state index in [0.29, 0.717) is 6.04 Å². The standard InChI is InChI=1S/C14H22N2O2/c1-11-9-16(7-6-15-11)10-12-8-13(17-2)4-5-14(12)18-3/h4-5,8,11,15H,6-7,9-10H2,1-3H3/t11-/m1/s1. The topological polar surface area (TPSA) is 33.7 Å². The van der Waals surface area contributed by atoms with Crippen molar-refractivity contribution in [2.45, 2.75) is 19.5 Å². The minimum Gasteiger partial charge on any atom is -0.497 e. The average Bonchev–Trinajstić information content (AvgIpc) is 2.38. The van der Waals surface area contributed by atoms with E-state index in [1.165, 1.54) is 5.56 Å². The molecule has 1 heterocycles. The summed E-state index contributed by atoms with van der Waals surface area (Å²) < 4.78 is 10.7. The van der Waals surface area contributed by atoms with E-state index in [0.717, 1.165) is 37.7 Å². The Labute approximate surface area is 109 Å². The van der Waals surface area contributed by atoms with E-state index >= 15 is 0 Å². The number of piperazine rings is 1. The number of hydrogen-bond donors (Lipinski definition) is 1. The van der Waals surface area contributed by atoms with Gasteiger partial charge in [-0.05, 0) is 25.1 Å². The number of hydrogen-bond acceptors (Lipinski definition) is 4. The van der Waals surface area contributed by atoms with Crippen LogP contribution in [0.2, 0.25) is 0 Å². The summed E-state index contributed by atoms with van der Waals surface area (Å²) in [5, 5.41) is 3.45. The van der Waals surface area contributed by atoms with E-state index < -0.39 is 0 Å². The SMILES string of the molecule is COc1ccc(OC)c(CN2CCN[C@H](C)C2)c1. The van der Waals surface area contributed by atoms with Crippen molar-refractivity contribution in [3.8, 4) is 11.5 Å². The molecule has 1 aromatic rings. The Bertz CT molecular complexity index is 395. The first-order chi connectivity index (χ1) is 8.72. The lowest BCUT2D eigenvalue weighted by atomic mass is 10.1. The van der Waals surface area contributed by atoms with E-state index in [1.807, 2.05) is 12.1 Å². The van der Waals surface area contributed by atoms with Crippen LogP contribution in [-0.4, -0.2) is 44.8 Å². The van der Waals surface area contributed by atoms with E-state index in [2.05, 4.69) is 23.2 Å². The van der Waals surface area contributed by atoms with Gasteiger partial charge in [0.1, 0.15) is 11.5 Å². The molecule has 0 spiro atoms. The predicted octanol–water partition coefficient (Wildman–Crippen LogP) is 1.50. The van der Waals surface area contributed by atoms with Crippen molar-refractivity contribution < 1.29 is 9.47 Å². The fraction of sp³-hybridized carbons (Fsp3) is 0.571. The summed E-state index contributed by atoms with van der Waals surface area (Å²) in [6, 6.07) is 6.52. The highest BCUT2D eigenvalue weighted by molar-refractivity contribution is 5.40. The monoisotopic (exact) mass is 250 g/mol. The first-order valence-electron chi connectivity index (χ1n) is 6.39. The van der Waals surface area contributed by atoms with Crippen LogP contribution in [0, 0.1) is 0 Å². The zero-order valence-corrected chi connectivity index (χ0v) is 11.4. The second kappa shape index (κ2) is 6.07. The first-order valence-corrected chi connectivity index (χ1v) is 6.39. The molecule has 2 rings (SSSR count). The summed E-state index contributed by atoms with van der Waals surface area (Å²) in [7, 11) is 3.41. The van der Waals surface area contributed by atoms with Crippen molar-refractivity contribution in [2.24, 2.45) is 0 Å². The molecule has 100 valence electrons. The quantitative estimate of drug-likeness (QED) is 0.878. The van der Waals surface area contributed by atoms with Crippen LogP contribution < -0.4 is 14.8 Å². The molecule has 1 atom stereocenters. The minimum atomic E-state index is 0.551. The van der Waals surface area contributed by atoms with Crippen LogP contribution in [0.3, 0.4) is 0 Å². The molecule has 1 fully saturated rings. The maximum Gasteiger partial charge on any atom is 0.123 e. The fourth-order valence-corrected chi connectivity index (χ4v) is 2.40. The molecule has 0 amide bonds. The van der Waals surface area contributed by atoms with Crippen molar-refractivity contribution in [2.75, 3.05) is 33.9 Å². The number of benzene rings is 1. The summed E-state index contributed by atoms with van der Waals surface area (Å²) in [4.78, 5) is 2.44. The van der Waals surface area contributed by atoms with Crippen LogP contribution in [-0.2, 0) is 6.54 Å². The highest BCUT2D eigenvalue weighted by atomic mass is 16.5. The Morgan fingerprint density at radius 2 is 2.17 bits per heavy atom. The Morgan fingerprint density at radius 1 is 1.33 bits per heavy atom. The number of methoxy groups -OCH3 is 2. The van der Waals surface area contributed by atoms with E-state index in [1.54, 1.807) is 14.2 Å². The van der Waals surface area contributed by atoms with Gasteiger partial charge in [0.05, 0.1) is 14.2 Å². The molecule has 18 heavy (non-hydrogen) atoms. The summed E-state index contributed by atoms with van der Waals surface area (Å²) in [5.41, 5.74) is 1.19. The van der Waals surface area contributed by atoms with Gasteiger partial charge in [-0.15, -0.1) is 0 Å². The summed E-state index contributed by atoms with van der Waals surface area (Å²) in [6.07, 6.45) is 0. The molecule has 0 bridgehead atoms. The predicted molar refractivity (Wildman–Crippen MR) is 72.3 cm³/mol. The van der Waals surface area contributed by atoms with Gasteiger partial charge in [-0.25, -0.2) is 0 Å². The lowest BCUT2D eigenvalue weighted by Crippen LogP contribution is -2.48. The molecule has 1 saturated heterocycles. The smallest absolute Gasteiger partial charge is 0.123 e. The average molecular weight is 250 g/mol. The minimum absolute atomic E-state index is 0.551. The molecule has 1 aliphatic rings. The van der Waals surface area contributed by atoms with Crippen molar-refractivity contribution in [3.63, 3.8) is 0 Å². The van der Waals surface area contributed by atoms with Crippen molar-refractivity contribution in [1.29, 1.82) is 0 Å². The maximum absolute atomic E-state index is 5.42. The lowest BCUT2D eigenvalue weighted by molar-refractivity contribution is 0.197. The molecule has 4 heteroatoms. The molecule has 0 radical (unpaired) electrons. The van der Waals surface area contributed by atoms with Gasteiger partial charge in [0.2, 0.25) is 0 Å². The second-order valence-electron chi connectivity index (χ2n) is 4.77. The Kier molecular flexibility index (Phi) is 4.44. The van der Waals surface area contributed by atoms with Crippen molar-refractivity contribution in [3.05, 3.63) is 23.8 Å². The van der Waals surface area contributed by atoms with Crippen molar-refractivity contribution in [1.82, 2.24) is 10.2 Å².